The van der Waals surface area contributed by atoms with Gasteiger partial charge in [-0.3, -0.25) is 0 Å². The zero-order valence-corrected chi connectivity index (χ0v) is 17.8. The quantitative estimate of drug-likeness (QED) is 0.300. The van der Waals surface area contributed by atoms with Crippen molar-refractivity contribution >= 4 is 24.3 Å². The van der Waals surface area contributed by atoms with Crippen LogP contribution in [0.15, 0.2) is 9.67 Å². The molecule has 0 saturated carbocycles. The zero-order chi connectivity index (χ0) is 16.1. The number of carbonyl (C=O) groups excluding carboxylic acids is 1. The molecule has 21 heavy (non-hydrogen) atoms. The van der Waals surface area contributed by atoms with Crippen molar-refractivity contribution in [1.29, 1.82) is 0 Å². The van der Waals surface area contributed by atoms with Crippen molar-refractivity contribution < 1.29 is 9.53 Å². The minimum atomic E-state index is -2.35. The van der Waals surface area contributed by atoms with Crippen LogP contribution in [0.3, 0.4) is 0 Å². The summed E-state index contributed by atoms with van der Waals surface area (Å²) >= 11 is -2.35. The van der Waals surface area contributed by atoms with Crippen LogP contribution in [0.4, 0.5) is 0 Å². The molecule has 0 heterocycles. The molecule has 0 radical (unpaired) electrons. The molecule has 0 atom stereocenters. The van der Waals surface area contributed by atoms with E-state index in [9.17, 15) is 4.79 Å². The number of esters is 1. The molecule has 0 amide bonds. The SMILES string of the molecule is C/C=[C](\COC(C)=O)[Sn]([CH2]CCC)([CH2]CCC)[CH2]CCC. The molecule has 2 nitrogen and oxygen atoms in total. The Kier molecular flexibility index (Phi) is 12.5. The average Bonchev–Trinajstić information content (AvgIpc) is 2.48. The Morgan fingerprint density at radius 3 is 1.67 bits per heavy atom. The number of hydrogen-bond acceptors (Lipinski definition) is 2. The summed E-state index contributed by atoms with van der Waals surface area (Å²) in [4.78, 5) is 11.2. The third-order valence-corrected chi connectivity index (χ3v) is 20.8. The Hall–Kier alpha value is 0.00870. The predicted octanol–water partition coefficient (Wildman–Crippen LogP) is 5.88. The van der Waals surface area contributed by atoms with Crippen LogP contribution in [0.25, 0.3) is 0 Å². The van der Waals surface area contributed by atoms with Crippen molar-refractivity contribution in [2.75, 3.05) is 6.61 Å². The summed E-state index contributed by atoms with van der Waals surface area (Å²) in [6.07, 6.45) is 10.2. The maximum atomic E-state index is 11.2. The molecule has 0 aliphatic rings. The van der Waals surface area contributed by atoms with Gasteiger partial charge in [-0.05, 0) is 0 Å². The van der Waals surface area contributed by atoms with E-state index in [-0.39, 0.29) is 5.97 Å². The number of allylic oxidation sites excluding steroid dienone is 1. The van der Waals surface area contributed by atoms with Crippen LogP contribution in [-0.4, -0.2) is 31.0 Å². The van der Waals surface area contributed by atoms with Gasteiger partial charge in [0.1, 0.15) is 0 Å². The monoisotopic (exact) mass is 404 g/mol. The van der Waals surface area contributed by atoms with Crippen molar-refractivity contribution in [3.63, 3.8) is 0 Å². The van der Waals surface area contributed by atoms with Crippen molar-refractivity contribution in [2.24, 2.45) is 0 Å². The van der Waals surface area contributed by atoms with Gasteiger partial charge in [0.2, 0.25) is 0 Å². The van der Waals surface area contributed by atoms with E-state index in [0.717, 1.165) is 0 Å². The number of rotatable bonds is 12. The second-order valence-electron chi connectivity index (χ2n) is 6.19. The zero-order valence-electron chi connectivity index (χ0n) is 15.0. The molecule has 0 aromatic heterocycles. The van der Waals surface area contributed by atoms with E-state index in [4.69, 9.17) is 4.74 Å². The standard InChI is InChI=1S/C6H9O2.3C4H9.Sn/c1-3-4-5-8-6(2)7;3*1-3-4-2;/h3H,5H2,1-2H3;3*1,3-4H2,2H3;. The normalized spacial score (nSPS) is 12.5. The second-order valence-corrected chi connectivity index (χ2v) is 19.6. The molecule has 0 rings (SSSR count). The van der Waals surface area contributed by atoms with Crippen LogP contribution in [0.1, 0.15) is 73.1 Å². The first kappa shape index (κ1) is 21.0. The molecule has 0 aromatic rings. The van der Waals surface area contributed by atoms with Crippen molar-refractivity contribution in [1.82, 2.24) is 0 Å². The molecule has 0 saturated heterocycles. The van der Waals surface area contributed by atoms with Crippen LogP contribution in [-0.2, 0) is 9.53 Å². The van der Waals surface area contributed by atoms with Crippen molar-refractivity contribution in [2.45, 2.75) is 86.5 Å². The van der Waals surface area contributed by atoms with E-state index in [1.165, 1.54) is 58.8 Å². The second kappa shape index (κ2) is 12.5. The van der Waals surface area contributed by atoms with Crippen LogP contribution in [0, 0.1) is 0 Å². The Balaban J connectivity index is 5.17. The molecule has 0 aliphatic carbocycles. The Morgan fingerprint density at radius 2 is 1.38 bits per heavy atom. The van der Waals surface area contributed by atoms with Crippen molar-refractivity contribution in [3.8, 4) is 0 Å². The molecule has 0 spiro atoms. The molecule has 0 N–H and O–H groups in total. The van der Waals surface area contributed by atoms with Crippen LogP contribution >= 0.6 is 0 Å². The molecular formula is C18H36O2Sn. The molecule has 0 unspecified atom stereocenters. The molecule has 0 aliphatic heterocycles. The van der Waals surface area contributed by atoms with Crippen LogP contribution < -0.4 is 0 Å². The van der Waals surface area contributed by atoms with Gasteiger partial charge in [0, 0.05) is 0 Å². The molecular weight excluding hydrogens is 367 g/mol. The Labute approximate surface area is 136 Å². The van der Waals surface area contributed by atoms with Crippen LogP contribution in [0.2, 0.25) is 13.3 Å². The van der Waals surface area contributed by atoms with E-state index in [0.29, 0.717) is 6.61 Å². The number of carbonyl (C=O) groups is 1. The third kappa shape index (κ3) is 8.27. The number of hydrogen-bond donors (Lipinski definition) is 0. The third-order valence-electron chi connectivity index (χ3n) is 4.49. The van der Waals surface area contributed by atoms with Gasteiger partial charge < -0.3 is 0 Å². The van der Waals surface area contributed by atoms with Crippen LogP contribution in [0.5, 0.6) is 0 Å². The van der Waals surface area contributed by atoms with E-state index < -0.39 is 18.4 Å². The van der Waals surface area contributed by atoms with Gasteiger partial charge in [-0.25, -0.2) is 0 Å². The first-order valence-corrected chi connectivity index (χ1v) is 16.3. The summed E-state index contributed by atoms with van der Waals surface area (Å²) < 4.78 is 11.2. The molecule has 0 bridgehead atoms. The van der Waals surface area contributed by atoms with E-state index in [2.05, 4.69) is 33.8 Å². The summed E-state index contributed by atoms with van der Waals surface area (Å²) in [6, 6.07) is 0. The Bertz CT molecular complexity index is 289. The van der Waals surface area contributed by atoms with E-state index >= 15 is 0 Å². The summed E-state index contributed by atoms with van der Waals surface area (Å²) in [5, 5.41) is 0. The number of unbranched alkanes of at least 4 members (excludes halogenated alkanes) is 3. The van der Waals surface area contributed by atoms with Gasteiger partial charge in [-0.15, -0.1) is 0 Å². The first-order valence-electron chi connectivity index (χ1n) is 8.85. The fourth-order valence-electron chi connectivity index (χ4n) is 3.12. The average molecular weight is 403 g/mol. The fourth-order valence-corrected chi connectivity index (χ4v) is 19.7. The van der Waals surface area contributed by atoms with E-state index in [1.807, 2.05) is 0 Å². The molecule has 0 fully saturated rings. The predicted molar refractivity (Wildman–Crippen MR) is 95.3 cm³/mol. The number of ether oxygens (including phenoxy) is 1. The maximum absolute atomic E-state index is 11.2. The summed E-state index contributed by atoms with van der Waals surface area (Å²) in [5.74, 6) is -0.143. The van der Waals surface area contributed by atoms with Gasteiger partial charge in [-0.2, -0.15) is 0 Å². The minimum absolute atomic E-state index is 0.143. The van der Waals surface area contributed by atoms with Gasteiger partial charge >= 0.3 is 137 Å². The fraction of sp³-hybridized carbons (Fsp3) is 0.833. The molecule has 3 heteroatoms. The van der Waals surface area contributed by atoms with Gasteiger partial charge in [0.25, 0.3) is 0 Å². The topological polar surface area (TPSA) is 26.3 Å². The van der Waals surface area contributed by atoms with Gasteiger partial charge in [-0.1, -0.05) is 0 Å². The molecule has 124 valence electrons. The Morgan fingerprint density at radius 1 is 0.952 bits per heavy atom. The molecule has 0 aromatic carbocycles. The van der Waals surface area contributed by atoms with Crippen molar-refractivity contribution in [3.05, 3.63) is 9.67 Å². The summed E-state index contributed by atoms with van der Waals surface area (Å²) in [7, 11) is 0. The summed E-state index contributed by atoms with van der Waals surface area (Å²) in [6.45, 7) is 11.1. The summed E-state index contributed by atoms with van der Waals surface area (Å²) in [5.41, 5.74) is 0. The first-order chi connectivity index (χ1) is 10.1. The van der Waals surface area contributed by atoms with Gasteiger partial charge in [0.15, 0.2) is 0 Å². The van der Waals surface area contributed by atoms with E-state index in [1.54, 1.807) is 3.59 Å². The van der Waals surface area contributed by atoms with Gasteiger partial charge in [0.05, 0.1) is 0 Å².